The molecule has 7 rings (SSSR count). The molecule has 4 aromatic carbocycles. The first-order valence-electron chi connectivity index (χ1n) is 11.9. The van der Waals surface area contributed by atoms with Crippen LogP contribution in [-0.4, -0.2) is 5.80 Å². The number of rotatable bonds is 3. The number of allylic oxidation sites excluding steroid dienone is 1. The Morgan fingerprint density at radius 1 is 0.800 bits per heavy atom. The summed E-state index contributed by atoms with van der Waals surface area (Å²) < 4.78 is 6.23. The molecule has 0 fully saturated rings. The molecule has 1 unspecified atom stereocenters. The molecule has 0 spiro atoms. The highest BCUT2D eigenvalue weighted by Crippen LogP contribution is 2.52. The monoisotopic (exact) mass is 488 g/mol. The highest BCUT2D eigenvalue weighted by atomic mass is 35.5. The summed E-state index contributed by atoms with van der Waals surface area (Å²) in [4.78, 5) is 0. The van der Waals surface area contributed by atoms with E-state index >= 15 is 0 Å². The van der Waals surface area contributed by atoms with Crippen LogP contribution in [0.5, 0.6) is 0 Å². The Hall–Kier alpha value is -3.38. The number of benzene rings is 4. The number of fused-ring (bicyclic) bond motifs is 6. The number of halogens is 1. The summed E-state index contributed by atoms with van der Waals surface area (Å²) in [7, 11) is 3.86. The van der Waals surface area contributed by atoms with Gasteiger partial charge in [-0.25, -0.2) is 0 Å². The third-order valence-corrected chi connectivity index (χ3v) is 8.35. The molecule has 0 saturated heterocycles. The molecule has 0 aliphatic heterocycles. The standard InChI is InChI=1S/C32H22ClOP/c33-29-12-6-10-26-25-16-14-21(18-30(25)34-31(26)29)20-13-15-24-23-9-4-5-11-27(23)32(19-35,28(24)17-20)22-7-2-1-3-8-22/h1-5,7-9,11-19,35H,6,10H2. The van der Waals surface area contributed by atoms with E-state index in [1.165, 1.54) is 38.9 Å². The van der Waals surface area contributed by atoms with Crippen LogP contribution in [0.3, 0.4) is 0 Å². The van der Waals surface area contributed by atoms with Crippen molar-refractivity contribution < 1.29 is 4.42 Å². The van der Waals surface area contributed by atoms with E-state index in [4.69, 9.17) is 16.0 Å². The first-order chi connectivity index (χ1) is 17.2. The van der Waals surface area contributed by atoms with Crippen LogP contribution >= 0.6 is 20.5 Å². The van der Waals surface area contributed by atoms with Crippen LogP contribution in [0.25, 0.3) is 38.3 Å². The van der Waals surface area contributed by atoms with Crippen molar-refractivity contribution in [2.24, 2.45) is 0 Å². The molecule has 2 aliphatic rings. The van der Waals surface area contributed by atoms with E-state index in [1.54, 1.807) is 0 Å². The second kappa shape index (κ2) is 7.82. The van der Waals surface area contributed by atoms with Crippen LogP contribution in [0.15, 0.2) is 101 Å². The maximum absolute atomic E-state index is 6.45. The molecular weight excluding hydrogens is 467 g/mol. The minimum atomic E-state index is -0.369. The van der Waals surface area contributed by atoms with Crippen molar-refractivity contribution in [1.29, 1.82) is 0 Å². The van der Waals surface area contributed by atoms with E-state index in [0.29, 0.717) is 0 Å². The Morgan fingerprint density at radius 2 is 1.54 bits per heavy atom. The van der Waals surface area contributed by atoms with Gasteiger partial charge in [0.05, 0.1) is 10.4 Å². The van der Waals surface area contributed by atoms with Gasteiger partial charge in [-0.05, 0) is 69.7 Å². The topological polar surface area (TPSA) is 13.1 Å². The number of hydrogen-bond acceptors (Lipinski definition) is 1. The van der Waals surface area contributed by atoms with Crippen molar-refractivity contribution in [2.75, 3.05) is 0 Å². The van der Waals surface area contributed by atoms with Gasteiger partial charge in [0.2, 0.25) is 0 Å². The predicted molar refractivity (Wildman–Crippen MR) is 150 cm³/mol. The molecule has 0 radical (unpaired) electrons. The second-order valence-corrected chi connectivity index (χ2v) is 10.0. The molecular formula is C32H22ClOP. The quantitative estimate of drug-likeness (QED) is 0.231. The van der Waals surface area contributed by atoms with Crippen molar-refractivity contribution in [3.8, 4) is 22.3 Å². The molecule has 168 valence electrons. The van der Waals surface area contributed by atoms with Crippen molar-refractivity contribution in [2.45, 2.75) is 18.3 Å². The zero-order chi connectivity index (χ0) is 23.6. The van der Waals surface area contributed by atoms with Gasteiger partial charge in [0, 0.05) is 10.9 Å². The van der Waals surface area contributed by atoms with E-state index in [2.05, 4.69) is 106 Å². The smallest absolute Gasteiger partial charge is 0.149 e. The average molecular weight is 489 g/mol. The van der Waals surface area contributed by atoms with Gasteiger partial charge in [-0.1, -0.05) is 96.5 Å². The summed E-state index contributed by atoms with van der Waals surface area (Å²) >= 11 is 6.45. The Labute approximate surface area is 211 Å². The maximum atomic E-state index is 6.45. The van der Waals surface area contributed by atoms with E-state index in [0.717, 1.165) is 40.2 Å². The molecule has 2 aliphatic carbocycles. The fraction of sp³-hybridized carbons (Fsp3) is 0.0938. The second-order valence-electron chi connectivity index (χ2n) is 9.34. The third kappa shape index (κ3) is 2.92. The molecule has 1 nitrogen and oxygen atoms in total. The zero-order valence-electron chi connectivity index (χ0n) is 19.0. The Kier molecular flexibility index (Phi) is 4.68. The fourth-order valence-electron chi connectivity index (χ4n) is 5.95. The first kappa shape index (κ1) is 20.9. The third-order valence-electron chi connectivity index (χ3n) is 7.59. The maximum Gasteiger partial charge on any atom is 0.149 e. The van der Waals surface area contributed by atoms with E-state index in [1.807, 2.05) is 6.08 Å². The summed E-state index contributed by atoms with van der Waals surface area (Å²) in [5.74, 6) is 2.99. The summed E-state index contributed by atoms with van der Waals surface area (Å²) in [5, 5.41) is 1.88. The SMILES string of the molecule is P=CC1(c2ccccc2)c2ccccc2-c2ccc(-c3ccc4c5c(oc4c3)C(Cl)=CCC5)cc21. The molecule has 0 bridgehead atoms. The van der Waals surface area contributed by atoms with Crippen LogP contribution < -0.4 is 0 Å². The molecule has 1 atom stereocenters. The summed E-state index contributed by atoms with van der Waals surface area (Å²) in [6.45, 7) is 0. The lowest BCUT2D eigenvalue weighted by molar-refractivity contribution is 0.593. The summed E-state index contributed by atoms with van der Waals surface area (Å²) in [6, 6.07) is 32.8. The Morgan fingerprint density at radius 3 is 2.40 bits per heavy atom. The number of hydrogen-bond donors (Lipinski definition) is 0. The number of aryl methyl sites for hydroxylation is 1. The van der Waals surface area contributed by atoms with Crippen LogP contribution in [0.1, 0.15) is 34.4 Å². The first-order valence-corrected chi connectivity index (χ1v) is 12.9. The largest absolute Gasteiger partial charge is 0.455 e. The van der Waals surface area contributed by atoms with Crippen molar-refractivity contribution >= 4 is 42.3 Å². The van der Waals surface area contributed by atoms with E-state index in [9.17, 15) is 0 Å². The highest BCUT2D eigenvalue weighted by Gasteiger charge is 2.42. The Bertz CT molecular complexity index is 1680. The predicted octanol–water partition coefficient (Wildman–Crippen LogP) is 8.89. The van der Waals surface area contributed by atoms with Gasteiger partial charge in [0.1, 0.15) is 11.3 Å². The molecule has 0 saturated carbocycles. The molecule has 1 heterocycles. The van der Waals surface area contributed by atoms with Crippen molar-refractivity contribution in [3.05, 3.63) is 125 Å². The summed E-state index contributed by atoms with van der Waals surface area (Å²) in [6.07, 6.45) is 3.97. The van der Waals surface area contributed by atoms with Crippen LogP contribution in [-0.2, 0) is 11.8 Å². The number of furan rings is 1. The van der Waals surface area contributed by atoms with Crippen LogP contribution in [0.2, 0.25) is 0 Å². The van der Waals surface area contributed by atoms with Gasteiger partial charge in [-0.2, -0.15) is 0 Å². The minimum Gasteiger partial charge on any atom is -0.455 e. The highest BCUT2D eigenvalue weighted by molar-refractivity contribution is 7.18. The zero-order valence-corrected chi connectivity index (χ0v) is 20.8. The van der Waals surface area contributed by atoms with Gasteiger partial charge < -0.3 is 4.42 Å². The molecule has 0 amide bonds. The lowest BCUT2D eigenvalue weighted by Crippen LogP contribution is -2.27. The van der Waals surface area contributed by atoms with Crippen molar-refractivity contribution in [1.82, 2.24) is 0 Å². The van der Waals surface area contributed by atoms with Gasteiger partial charge >= 0.3 is 0 Å². The minimum absolute atomic E-state index is 0.369. The fourth-order valence-corrected chi connectivity index (χ4v) is 6.69. The van der Waals surface area contributed by atoms with Gasteiger partial charge in [-0.3, -0.25) is 0 Å². The molecule has 0 N–H and O–H groups in total. The average Bonchev–Trinajstić information content (AvgIpc) is 3.43. The molecule has 5 aromatic rings. The van der Waals surface area contributed by atoms with E-state index < -0.39 is 0 Å². The Balaban J connectivity index is 1.44. The van der Waals surface area contributed by atoms with Gasteiger partial charge in [-0.15, -0.1) is 8.86 Å². The lowest BCUT2D eigenvalue weighted by Gasteiger charge is -2.29. The van der Waals surface area contributed by atoms with Gasteiger partial charge in [0.15, 0.2) is 0 Å². The van der Waals surface area contributed by atoms with Gasteiger partial charge in [0.25, 0.3) is 0 Å². The molecule has 3 heteroatoms. The lowest BCUT2D eigenvalue weighted by atomic mass is 9.74. The van der Waals surface area contributed by atoms with Crippen LogP contribution in [0.4, 0.5) is 0 Å². The van der Waals surface area contributed by atoms with Crippen LogP contribution in [0, 0.1) is 0 Å². The van der Waals surface area contributed by atoms with E-state index in [-0.39, 0.29) is 5.41 Å². The summed E-state index contributed by atoms with van der Waals surface area (Å²) in [5.41, 5.74) is 10.4. The normalized spacial score (nSPS) is 18.0. The molecule has 35 heavy (non-hydrogen) atoms. The van der Waals surface area contributed by atoms with Crippen molar-refractivity contribution in [3.63, 3.8) is 0 Å². The molecule has 1 aromatic heterocycles.